The first-order valence-corrected chi connectivity index (χ1v) is 18.2. The lowest BCUT2D eigenvalue weighted by Crippen LogP contribution is -2.34. The first-order valence-electron chi connectivity index (χ1n) is 14.8. The largest absolute Gasteiger partial charge is 0.435 e. The highest BCUT2D eigenvalue weighted by Crippen LogP contribution is 2.36. The van der Waals surface area contributed by atoms with E-state index in [9.17, 15) is 57.3 Å². The second kappa shape index (κ2) is 15.3. The topological polar surface area (TPSA) is 167 Å². The van der Waals surface area contributed by atoms with E-state index in [4.69, 9.17) is 0 Å². The minimum atomic E-state index is -4.91. The van der Waals surface area contributed by atoms with Gasteiger partial charge in [0.05, 0.1) is 46.8 Å². The van der Waals surface area contributed by atoms with Gasteiger partial charge in [0.15, 0.2) is 21.2 Å². The molecule has 1 unspecified atom stereocenters. The Bertz CT molecular complexity index is 2170. The molecule has 4 amide bonds. The van der Waals surface area contributed by atoms with Crippen LogP contribution in [0.2, 0.25) is 0 Å². The predicted molar refractivity (Wildman–Crippen MR) is 173 cm³/mol. The third kappa shape index (κ3) is 9.97. The number of hydrogen-bond acceptors (Lipinski definition) is 9. The smallest absolute Gasteiger partial charge is 0.312 e. The summed E-state index contributed by atoms with van der Waals surface area (Å²) in [5, 5.41) is 4.19. The molecule has 6 rings (SSSR count). The standard InChI is InChI=1S/C15H12F4N4O3S.C15H12F4N4O2S/c16-10-5-9(6-20-7-10)11-1-2-12(13(21-11)15(17,18)19)22-14(24)23-3-4-27(25,26)8-23;16-10-5-9(6-20-7-10)11-1-2-12(13(21-11)15(17,18)19)22-14(24)23-3-4-26(25)8-23/h1-2,5-7H,3-4,8H2,(H,22,24);1-2,5-7H,3-4,8H2,(H,22,24). The van der Waals surface area contributed by atoms with E-state index in [0.717, 1.165) is 47.8 Å². The number of pyridine rings is 4. The third-order valence-corrected chi connectivity index (χ3v) is 10.0. The number of hydrogen-bond donors (Lipinski definition) is 2. The van der Waals surface area contributed by atoms with Crippen LogP contribution in [0.4, 0.5) is 56.1 Å². The van der Waals surface area contributed by atoms with E-state index in [1.807, 2.05) is 5.32 Å². The number of carbonyl (C=O) groups excluding carboxylic acids is 2. The van der Waals surface area contributed by atoms with Crippen LogP contribution in [-0.2, 0) is 33.0 Å². The van der Waals surface area contributed by atoms with E-state index in [2.05, 4.69) is 25.3 Å². The van der Waals surface area contributed by atoms with E-state index in [0.29, 0.717) is 0 Å². The number of halogens is 8. The summed E-state index contributed by atoms with van der Waals surface area (Å²) >= 11 is 0. The maximum Gasteiger partial charge on any atom is 0.435 e. The van der Waals surface area contributed by atoms with Crippen molar-refractivity contribution in [3.05, 3.63) is 84.2 Å². The number of nitrogens with one attached hydrogen (secondary N) is 2. The van der Waals surface area contributed by atoms with Gasteiger partial charge in [-0.3, -0.25) is 14.2 Å². The molecule has 53 heavy (non-hydrogen) atoms. The van der Waals surface area contributed by atoms with Gasteiger partial charge >= 0.3 is 24.4 Å². The van der Waals surface area contributed by atoms with Crippen LogP contribution in [0.1, 0.15) is 11.4 Å². The van der Waals surface area contributed by atoms with Crippen LogP contribution in [0.5, 0.6) is 0 Å². The van der Waals surface area contributed by atoms with Gasteiger partial charge in [-0.15, -0.1) is 0 Å². The molecule has 23 heteroatoms. The van der Waals surface area contributed by atoms with Gasteiger partial charge in [0.2, 0.25) is 0 Å². The molecule has 0 aliphatic carbocycles. The minimum Gasteiger partial charge on any atom is -0.312 e. The molecule has 0 radical (unpaired) electrons. The van der Waals surface area contributed by atoms with Crippen molar-refractivity contribution in [2.75, 3.05) is 47.0 Å². The second-order valence-electron chi connectivity index (χ2n) is 11.2. The minimum absolute atomic E-state index is 0.0315. The summed E-state index contributed by atoms with van der Waals surface area (Å²) in [7, 11) is -4.63. The monoisotopic (exact) mass is 792 g/mol. The van der Waals surface area contributed by atoms with Crippen molar-refractivity contribution in [2.45, 2.75) is 12.4 Å². The van der Waals surface area contributed by atoms with Crippen molar-refractivity contribution >= 4 is 44.1 Å². The van der Waals surface area contributed by atoms with Crippen LogP contribution in [-0.4, -0.2) is 90.8 Å². The number of carbonyl (C=O) groups is 2. The second-order valence-corrected chi connectivity index (χ2v) is 14.9. The van der Waals surface area contributed by atoms with Crippen LogP contribution in [0, 0.1) is 11.6 Å². The molecule has 4 aromatic heterocycles. The van der Waals surface area contributed by atoms with Gasteiger partial charge in [-0.1, -0.05) is 0 Å². The number of urea groups is 2. The van der Waals surface area contributed by atoms with Gasteiger partial charge in [0.25, 0.3) is 0 Å². The average molecular weight is 793 g/mol. The highest BCUT2D eigenvalue weighted by Gasteiger charge is 2.39. The highest BCUT2D eigenvalue weighted by atomic mass is 32.2. The van der Waals surface area contributed by atoms with Gasteiger partial charge < -0.3 is 20.4 Å². The number of alkyl halides is 6. The quantitative estimate of drug-likeness (QED) is 0.258. The van der Waals surface area contributed by atoms with E-state index in [1.54, 1.807) is 0 Å². The number of nitrogens with zero attached hydrogens (tertiary/aromatic N) is 6. The van der Waals surface area contributed by atoms with Gasteiger partial charge in [-0.25, -0.2) is 36.8 Å². The van der Waals surface area contributed by atoms with E-state index >= 15 is 0 Å². The molecule has 0 saturated carbocycles. The summed E-state index contributed by atoms with van der Waals surface area (Å²) in [6.07, 6.45) is -5.60. The summed E-state index contributed by atoms with van der Waals surface area (Å²) < 4.78 is 141. The van der Waals surface area contributed by atoms with Gasteiger partial charge in [-0.2, -0.15) is 26.3 Å². The molecular weight excluding hydrogens is 768 g/mol. The Hall–Kier alpha value is -5.32. The zero-order valence-corrected chi connectivity index (χ0v) is 28.2. The highest BCUT2D eigenvalue weighted by molar-refractivity contribution is 7.91. The number of rotatable bonds is 4. The first-order chi connectivity index (χ1) is 24.8. The fraction of sp³-hybridized carbons (Fsp3) is 0.267. The lowest BCUT2D eigenvalue weighted by atomic mass is 10.1. The van der Waals surface area contributed by atoms with Gasteiger partial charge in [0.1, 0.15) is 17.5 Å². The number of sulfone groups is 1. The van der Waals surface area contributed by atoms with Crippen molar-refractivity contribution in [2.24, 2.45) is 0 Å². The Labute approximate surface area is 296 Å². The molecule has 6 heterocycles. The Morgan fingerprint density at radius 3 is 1.57 bits per heavy atom. The molecule has 2 N–H and O–H groups in total. The zero-order valence-electron chi connectivity index (χ0n) is 26.6. The fourth-order valence-corrected chi connectivity index (χ4v) is 7.31. The SMILES string of the molecule is O=C(Nc1ccc(-c2cncc(F)c2)nc1C(F)(F)F)N1CCS(=O)(=O)C1.O=C(Nc1ccc(-c2cncc(F)c2)nc1C(F)(F)F)N1CCS(=O)C1. The molecule has 13 nitrogen and oxygen atoms in total. The lowest BCUT2D eigenvalue weighted by molar-refractivity contribution is -0.141. The van der Waals surface area contributed by atoms with Gasteiger partial charge in [0, 0.05) is 53.2 Å². The maximum absolute atomic E-state index is 13.4. The first kappa shape index (κ1) is 38.9. The molecular formula is C30H24F8N8O5S2. The Balaban J connectivity index is 0.000000204. The van der Waals surface area contributed by atoms with Crippen molar-refractivity contribution in [3.8, 4) is 22.5 Å². The summed E-state index contributed by atoms with van der Waals surface area (Å²) in [5.41, 5.74) is -4.08. The Morgan fingerprint density at radius 2 is 1.19 bits per heavy atom. The molecule has 0 aromatic carbocycles. The van der Waals surface area contributed by atoms with Crippen LogP contribution in [0.3, 0.4) is 0 Å². The normalized spacial score (nSPS) is 16.9. The van der Waals surface area contributed by atoms with E-state index in [-0.39, 0.29) is 53.0 Å². The Morgan fingerprint density at radius 1 is 0.717 bits per heavy atom. The molecule has 2 saturated heterocycles. The molecule has 282 valence electrons. The molecule has 2 aliphatic heterocycles. The summed E-state index contributed by atoms with van der Waals surface area (Å²) in [5.74, 6) is -2.03. The Kier molecular flexibility index (Phi) is 11.3. The predicted octanol–water partition coefficient (Wildman–Crippen LogP) is 5.38. The number of amides is 4. The fourth-order valence-electron chi connectivity index (χ4n) is 4.82. The molecule has 1 atom stereocenters. The maximum atomic E-state index is 13.4. The van der Waals surface area contributed by atoms with Crippen molar-refractivity contribution < 1.29 is 57.3 Å². The third-order valence-electron chi connectivity index (χ3n) is 7.30. The van der Waals surface area contributed by atoms with Crippen molar-refractivity contribution in [3.63, 3.8) is 0 Å². The van der Waals surface area contributed by atoms with Crippen LogP contribution in [0.15, 0.2) is 61.2 Å². The number of anilines is 2. The van der Waals surface area contributed by atoms with Crippen LogP contribution >= 0.6 is 0 Å². The molecule has 2 aliphatic rings. The summed E-state index contributed by atoms with van der Waals surface area (Å²) in [6.45, 7) is 0.0796. The van der Waals surface area contributed by atoms with E-state index in [1.165, 1.54) is 23.2 Å². The summed E-state index contributed by atoms with van der Waals surface area (Å²) in [6, 6.07) is 4.62. The van der Waals surface area contributed by atoms with Crippen LogP contribution < -0.4 is 10.6 Å². The molecule has 0 spiro atoms. The van der Waals surface area contributed by atoms with Gasteiger partial charge in [-0.05, 0) is 36.4 Å². The van der Waals surface area contributed by atoms with Crippen molar-refractivity contribution in [1.29, 1.82) is 0 Å². The molecule has 2 fully saturated rings. The number of aromatic nitrogens is 4. The van der Waals surface area contributed by atoms with Crippen LogP contribution in [0.25, 0.3) is 22.5 Å². The van der Waals surface area contributed by atoms with Crippen molar-refractivity contribution in [1.82, 2.24) is 29.7 Å². The zero-order chi connectivity index (χ0) is 38.7. The molecule has 4 aromatic rings. The summed E-state index contributed by atoms with van der Waals surface area (Å²) in [4.78, 5) is 40.3. The molecule has 0 bridgehead atoms. The van der Waals surface area contributed by atoms with E-state index < -0.39 is 85.3 Å². The lowest BCUT2D eigenvalue weighted by Gasteiger charge is -2.18. The average Bonchev–Trinajstić information content (AvgIpc) is 3.69.